The predicted molar refractivity (Wildman–Crippen MR) is 213 cm³/mol. The normalized spacial score (nSPS) is 19.9. The second-order valence-corrected chi connectivity index (χ2v) is 14.4. The Morgan fingerprint density at radius 2 is 1.23 bits per heavy atom. The van der Waals surface area contributed by atoms with Gasteiger partial charge in [-0.2, -0.15) is 0 Å². The molecule has 1 aromatic heterocycles. The smallest absolute Gasteiger partial charge is 0.155 e. The molecular formula is C49H35N3. The standard InChI is InChI=1S/C49H35N3/c1-31-35-19-8-10-22-39(35)49(40-23-11-13-26-46(40)52-45-25-12-9-20-37(45)38-21-14-24-41(49)47(38)52)42-29-34(27-28-36(31)42)48-50-43(32-15-4-2-5-16-32)30-44(51-48)33-17-6-3-7-18-33/h2-29,31,43H,30H2,1H3. The van der Waals surface area contributed by atoms with E-state index >= 15 is 0 Å². The van der Waals surface area contributed by atoms with Crippen LogP contribution >= 0.6 is 0 Å². The van der Waals surface area contributed by atoms with Gasteiger partial charge in [0.05, 0.1) is 33.9 Å². The monoisotopic (exact) mass is 665 g/mol. The van der Waals surface area contributed by atoms with Crippen LogP contribution in [0.1, 0.15) is 75.4 Å². The van der Waals surface area contributed by atoms with E-state index in [0.717, 1.165) is 29.1 Å². The lowest BCUT2D eigenvalue weighted by Crippen LogP contribution is -2.40. The van der Waals surface area contributed by atoms with Gasteiger partial charge in [-0.25, -0.2) is 4.99 Å². The molecule has 3 nitrogen and oxygen atoms in total. The van der Waals surface area contributed by atoms with Crippen LogP contribution in [0.5, 0.6) is 0 Å². The van der Waals surface area contributed by atoms with Crippen molar-refractivity contribution in [1.82, 2.24) is 4.57 Å². The zero-order chi connectivity index (χ0) is 34.4. The molecule has 7 aromatic carbocycles. The van der Waals surface area contributed by atoms with Crippen LogP contribution in [0.2, 0.25) is 0 Å². The molecule has 0 bridgehead atoms. The van der Waals surface area contributed by atoms with Crippen molar-refractivity contribution in [3.63, 3.8) is 0 Å². The van der Waals surface area contributed by atoms with E-state index < -0.39 is 5.41 Å². The third kappa shape index (κ3) is 3.96. The van der Waals surface area contributed by atoms with Crippen LogP contribution in [0.4, 0.5) is 0 Å². The van der Waals surface area contributed by atoms with Gasteiger partial charge in [0.15, 0.2) is 5.84 Å². The van der Waals surface area contributed by atoms with Crippen molar-refractivity contribution in [1.29, 1.82) is 0 Å². The highest BCUT2D eigenvalue weighted by Crippen LogP contribution is 2.59. The summed E-state index contributed by atoms with van der Waals surface area (Å²) in [7, 11) is 0. The van der Waals surface area contributed by atoms with E-state index in [4.69, 9.17) is 9.98 Å². The Morgan fingerprint density at radius 1 is 0.558 bits per heavy atom. The van der Waals surface area contributed by atoms with Crippen LogP contribution in [0, 0.1) is 0 Å². The number of para-hydroxylation sites is 3. The molecule has 0 saturated carbocycles. The van der Waals surface area contributed by atoms with Gasteiger partial charge in [0.2, 0.25) is 0 Å². The minimum Gasteiger partial charge on any atom is -0.309 e. The summed E-state index contributed by atoms with van der Waals surface area (Å²) in [5.41, 5.74) is 15.7. The first-order valence-corrected chi connectivity index (χ1v) is 18.3. The second-order valence-electron chi connectivity index (χ2n) is 14.4. The number of benzene rings is 7. The molecule has 3 atom stereocenters. The van der Waals surface area contributed by atoms with Crippen LogP contribution in [0.15, 0.2) is 180 Å². The molecule has 11 rings (SSSR count). The number of amidine groups is 1. The molecule has 8 aromatic rings. The number of aromatic nitrogens is 1. The van der Waals surface area contributed by atoms with Crippen molar-refractivity contribution in [2.45, 2.75) is 30.7 Å². The molecule has 0 N–H and O–H groups in total. The Morgan fingerprint density at radius 3 is 2.10 bits per heavy atom. The molecule has 1 spiro atoms. The highest BCUT2D eigenvalue weighted by molar-refractivity contribution is 6.15. The van der Waals surface area contributed by atoms with E-state index in [-0.39, 0.29) is 12.0 Å². The summed E-state index contributed by atoms with van der Waals surface area (Å²) in [6, 6.07) is 62.4. The van der Waals surface area contributed by atoms with E-state index in [1.54, 1.807) is 0 Å². The average molecular weight is 666 g/mol. The number of fused-ring (bicyclic) bond motifs is 11. The van der Waals surface area contributed by atoms with E-state index in [9.17, 15) is 0 Å². The first-order chi connectivity index (χ1) is 25.7. The molecule has 3 aliphatic rings. The van der Waals surface area contributed by atoms with Gasteiger partial charge in [0.1, 0.15) is 0 Å². The summed E-state index contributed by atoms with van der Waals surface area (Å²) in [6.45, 7) is 2.37. The van der Waals surface area contributed by atoms with Gasteiger partial charge in [-0.3, -0.25) is 4.99 Å². The van der Waals surface area contributed by atoms with E-state index in [2.05, 4.69) is 181 Å². The van der Waals surface area contributed by atoms with Gasteiger partial charge in [0.25, 0.3) is 0 Å². The Labute approximate surface area is 303 Å². The van der Waals surface area contributed by atoms with Crippen molar-refractivity contribution < 1.29 is 0 Å². The van der Waals surface area contributed by atoms with Crippen molar-refractivity contribution in [2.75, 3.05) is 0 Å². The third-order valence-corrected chi connectivity index (χ3v) is 11.9. The van der Waals surface area contributed by atoms with Gasteiger partial charge < -0.3 is 4.57 Å². The first kappa shape index (κ1) is 29.4. The van der Waals surface area contributed by atoms with Crippen molar-refractivity contribution in [3.05, 3.63) is 220 Å². The third-order valence-electron chi connectivity index (χ3n) is 11.9. The van der Waals surface area contributed by atoms with E-state index in [0.29, 0.717) is 0 Å². The molecule has 246 valence electrons. The van der Waals surface area contributed by atoms with Crippen LogP contribution < -0.4 is 0 Å². The fraction of sp³-hybridized carbons (Fsp3) is 0.102. The molecule has 0 saturated heterocycles. The highest BCUT2D eigenvalue weighted by Gasteiger charge is 2.50. The molecular weight excluding hydrogens is 631 g/mol. The summed E-state index contributed by atoms with van der Waals surface area (Å²) >= 11 is 0. The van der Waals surface area contributed by atoms with Crippen LogP contribution in [0.3, 0.4) is 0 Å². The quantitative estimate of drug-likeness (QED) is 0.180. The number of aliphatic imine (C=N–C) groups is 2. The second kappa shape index (κ2) is 11.1. The van der Waals surface area contributed by atoms with Gasteiger partial charge in [-0.05, 0) is 62.7 Å². The molecule has 0 radical (unpaired) electrons. The lowest BCUT2D eigenvalue weighted by molar-refractivity contribution is 0.661. The van der Waals surface area contributed by atoms with Gasteiger partial charge in [0, 0.05) is 28.7 Å². The molecule has 2 aliphatic heterocycles. The van der Waals surface area contributed by atoms with Gasteiger partial charge >= 0.3 is 0 Å². The summed E-state index contributed by atoms with van der Waals surface area (Å²) in [6.07, 6.45) is 0.761. The lowest BCUT2D eigenvalue weighted by atomic mass is 9.56. The molecule has 0 amide bonds. The fourth-order valence-electron chi connectivity index (χ4n) is 9.61. The maximum atomic E-state index is 5.42. The zero-order valence-corrected chi connectivity index (χ0v) is 28.9. The SMILES string of the molecule is CC1c2ccccc2C2(c3cc(C4=NC(c5ccccc5)CC(c5ccccc5)=N4)ccc31)c1ccccc1-n1c3ccccc3c3cccc2c31. The molecule has 1 aliphatic carbocycles. The largest absolute Gasteiger partial charge is 0.309 e. The minimum atomic E-state index is -0.547. The maximum Gasteiger partial charge on any atom is 0.155 e. The average Bonchev–Trinajstić information content (AvgIpc) is 3.56. The summed E-state index contributed by atoms with van der Waals surface area (Å²) in [5.74, 6) is 1.01. The first-order valence-electron chi connectivity index (χ1n) is 18.3. The predicted octanol–water partition coefficient (Wildman–Crippen LogP) is 11.3. The van der Waals surface area contributed by atoms with Crippen LogP contribution in [-0.4, -0.2) is 16.1 Å². The topological polar surface area (TPSA) is 29.6 Å². The number of hydrogen-bond donors (Lipinski definition) is 0. The number of hydrogen-bond acceptors (Lipinski definition) is 2. The van der Waals surface area contributed by atoms with E-state index in [1.165, 1.54) is 66.4 Å². The van der Waals surface area contributed by atoms with E-state index in [1.807, 2.05) is 0 Å². The summed E-state index contributed by atoms with van der Waals surface area (Å²) in [5, 5.41) is 2.57. The Bertz CT molecular complexity index is 2790. The Hall–Kier alpha value is -6.32. The maximum absolute atomic E-state index is 5.42. The molecule has 0 fully saturated rings. The van der Waals surface area contributed by atoms with Crippen LogP contribution in [-0.2, 0) is 5.41 Å². The number of rotatable bonds is 3. The Kier molecular flexibility index (Phi) is 6.27. The zero-order valence-electron chi connectivity index (χ0n) is 28.9. The fourth-order valence-corrected chi connectivity index (χ4v) is 9.61. The van der Waals surface area contributed by atoms with Gasteiger partial charge in [-0.15, -0.1) is 0 Å². The summed E-state index contributed by atoms with van der Waals surface area (Å²) in [4.78, 5) is 10.8. The van der Waals surface area contributed by atoms with Crippen molar-refractivity contribution >= 4 is 33.4 Å². The lowest BCUT2D eigenvalue weighted by Gasteiger charge is -2.47. The van der Waals surface area contributed by atoms with Crippen molar-refractivity contribution in [3.8, 4) is 5.69 Å². The summed E-state index contributed by atoms with van der Waals surface area (Å²) < 4.78 is 2.51. The molecule has 52 heavy (non-hydrogen) atoms. The molecule has 3 unspecified atom stereocenters. The van der Waals surface area contributed by atoms with Crippen molar-refractivity contribution in [2.24, 2.45) is 9.98 Å². The Balaban J connectivity index is 1.23. The number of nitrogens with zero attached hydrogens (tertiary/aromatic N) is 3. The highest BCUT2D eigenvalue weighted by atomic mass is 15.0. The van der Waals surface area contributed by atoms with Gasteiger partial charge in [-0.1, -0.05) is 159 Å². The molecule has 3 heterocycles. The molecule has 3 heteroatoms. The van der Waals surface area contributed by atoms with Crippen LogP contribution in [0.25, 0.3) is 27.5 Å². The minimum absolute atomic E-state index is 0.0200.